The average Bonchev–Trinajstić information content (AvgIpc) is 2.83. The topological polar surface area (TPSA) is 32.3 Å². The molecule has 1 unspecified atom stereocenters. The van der Waals surface area contributed by atoms with Gasteiger partial charge < -0.3 is 5.32 Å². The van der Waals surface area contributed by atoms with Crippen LogP contribution < -0.4 is 5.32 Å². The van der Waals surface area contributed by atoms with Crippen LogP contribution in [0.1, 0.15) is 46.5 Å². The lowest BCUT2D eigenvalue weighted by molar-refractivity contribution is 0.0939. The second kappa shape index (κ2) is 11.0. The van der Waals surface area contributed by atoms with E-state index in [9.17, 15) is 13.6 Å². The fourth-order valence-electron chi connectivity index (χ4n) is 4.65. The van der Waals surface area contributed by atoms with Crippen molar-refractivity contribution in [3.8, 4) is 0 Å². The maximum absolute atomic E-state index is 13.8. The molecule has 0 saturated heterocycles. The van der Waals surface area contributed by atoms with Crippen molar-refractivity contribution in [1.29, 1.82) is 0 Å². The van der Waals surface area contributed by atoms with Crippen LogP contribution in [0.2, 0.25) is 0 Å². The second-order valence-corrected chi connectivity index (χ2v) is 9.47. The van der Waals surface area contributed by atoms with Crippen LogP contribution in [0.3, 0.4) is 0 Å². The molecule has 5 heteroatoms. The highest BCUT2D eigenvalue weighted by molar-refractivity contribution is 5.97. The Kier molecular flexibility index (Phi) is 7.86. The number of hydrogen-bond donors (Lipinski definition) is 1. The number of carbonyl (C=O) groups is 1. The van der Waals surface area contributed by atoms with Gasteiger partial charge in [0.1, 0.15) is 11.6 Å². The Balaban J connectivity index is 1.39. The van der Waals surface area contributed by atoms with Crippen molar-refractivity contribution >= 4 is 5.78 Å². The molecule has 0 amide bonds. The summed E-state index contributed by atoms with van der Waals surface area (Å²) in [5, 5.41) is 3.51. The van der Waals surface area contributed by atoms with Crippen LogP contribution >= 0.6 is 0 Å². The maximum Gasteiger partial charge on any atom is 0.165 e. The van der Waals surface area contributed by atoms with E-state index in [0.29, 0.717) is 6.54 Å². The molecule has 3 nitrogen and oxygen atoms in total. The van der Waals surface area contributed by atoms with Crippen molar-refractivity contribution in [3.05, 3.63) is 106 Å². The average molecular weight is 463 g/mol. The summed E-state index contributed by atoms with van der Waals surface area (Å²) >= 11 is 0. The third kappa shape index (κ3) is 6.16. The number of rotatable bonds is 9. The van der Waals surface area contributed by atoms with E-state index in [4.69, 9.17) is 0 Å². The van der Waals surface area contributed by atoms with Crippen LogP contribution in [0.25, 0.3) is 0 Å². The van der Waals surface area contributed by atoms with Crippen molar-refractivity contribution in [1.82, 2.24) is 10.2 Å². The summed E-state index contributed by atoms with van der Waals surface area (Å²) in [5.74, 6) is -0.293. The van der Waals surface area contributed by atoms with E-state index >= 15 is 0 Å². The predicted octanol–water partition coefficient (Wildman–Crippen LogP) is 5.56. The molecule has 4 rings (SSSR count). The van der Waals surface area contributed by atoms with Crippen molar-refractivity contribution in [2.45, 2.75) is 45.8 Å². The number of Topliss-reactive ketones (excluding diaryl/α,β-unsaturated/α-hetero) is 1. The molecule has 0 bridgehead atoms. The molecule has 0 fully saturated rings. The number of benzene rings is 3. The van der Waals surface area contributed by atoms with E-state index in [-0.39, 0.29) is 29.4 Å². The smallest absolute Gasteiger partial charge is 0.165 e. The maximum atomic E-state index is 13.8. The van der Waals surface area contributed by atoms with Crippen LogP contribution in [0.4, 0.5) is 8.78 Å². The lowest BCUT2D eigenvalue weighted by atomic mass is 9.90. The summed E-state index contributed by atoms with van der Waals surface area (Å²) in [4.78, 5) is 14.7. The van der Waals surface area contributed by atoms with Gasteiger partial charge in [-0.1, -0.05) is 50.2 Å². The monoisotopic (exact) mass is 462 g/mol. The minimum absolute atomic E-state index is 0.0169. The molecule has 0 saturated carbocycles. The quantitative estimate of drug-likeness (QED) is 0.334. The molecule has 1 aliphatic rings. The first-order valence-electron chi connectivity index (χ1n) is 12.0. The molecule has 0 radical (unpaired) electrons. The zero-order chi connectivity index (χ0) is 24.1. The van der Waals surface area contributed by atoms with Crippen molar-refractivity contribution in [2.75, 3.05) is 13.1 Å². The van der Waals surface area contributed by atoms with Crippen LogP contribution in [-0.2, 0) is 25.9 Å². The van der Waals surface area contributed by atoms with E-state index in [1.165, 1.54) is 18.2 Å². The van der Waals surface area contributed by atoms with Gasteiger partial charge in [0.25, 0.3) is 0 Å². The largest absolute Gasteiger partial charge is 0.311 e. The molecule has 3 aromatic carbocycles. The van der Waals surface area contributed by atoms with Crippen LogP contribution in [0.5, 0.6) is 0 Å². The van der Waals surface area contributed by atoms with Gasteiger partial charge in [-0.05, 0) is 65.4 Å². The Hall–Kier alpha value is -2.89. The predicted molar refractivity (Wildman–Crippen MR) is 132 cm³/mol. The highest BCUT2D eigenvalue weighted by Gasteiger charge is 2.26. The minimum atomic E-state index is -0.236. The molecule has 1 heterocycles. The lowest BCUT2D eigenvalue weighted by Crippen LogP contribution is -2.44. The van der Waals surface area contributed by atoms with Crippen molar-refractivity contribution in [2.24, 2.45) is 5.92 Å². The number of nitrogens with one attached hydrogen (secondary N) is 1. The Morgan fingerprint density at radius 3 is 2.50 bits per heavy atom. The van der Waals surface area contributed by atoms with Gasteiger partial charge in [-0.2, -0.15) is 0 Å². The first kappa shape index (κ1) is 24.2. The standard InChI is InChI=1S/C29H32F2N2O/c1-20(2)29(34)23-5-3-4-22(14-23)18-32-12-13-33-19-24-8-11-27(31)16-25(24)17-28(33)15-21-6-9-26(30)10-7-21/h3-11,14,16,20,28,32H,12-13,15,17-19H2,1-2H3. The molecule has 1 atom stereocenters. The SMILES string of the molecule is CC(C)C(=O)c1cccc(CNCCN2Cc3ccc(F)cc3CC2Cc2ccc(F)cc2)c1. The molecule has 0 aromatic heterocycles. The van der Waals surface area contributed by atoms with Crippen LogP contribution in [0.15, 0.2) is 66.7 Å². The fourth-order valence-corrected chi connectivity index (χ4v) is 4.65. The van der Waals surface area contributed by atoms with E-state index < -0.39 is 0 Å². The van der Waals surface area contributed by atoms with Gasteiger partial charge in [-0.15, -0.1) is 0 Å². The van der Waals surface area contributed by atoms with Gasteiger partial charge >= 0.3 is 0 Å². The molecule has 34 heavy (non-hydrogen) atoms. The second-order valence-electron chi connectivity index (χ2n) is 9.47. The molecular formula is C29H32F2N2O. The van der Waals surface area contributed by atoms with Crippen molar-refractivity contribution < 1.29 is 13.6 Å². The van der Waals surface area contributed by atoms with Gasteiger partial charge in [0.2, 0.25) is 0 Å². The lowest BCUT2D eigenvalue weighted by Gasteiger charge is -2.37. The summed E-state index contributed by atoms with van der Waals surface area (Å²) in [6.07, 6.45) is 1.55. The van der Waals surface area contributed by atoms with Crippen molar-refractivity contribution in [3.63, 3.8) is 0 Å². The summed E-state index contributed by atoms with van der Waals surface area (Å²) in [6.45, 7) is 6.92. The van der Waals surface area contributed by atoms with Gasteiger partial charge in [0, 0.05) is 43.7 Å². The highest BCUT2D eigenvalue weighted by atomic mass is 19.1. The Labute approximate surface area is 200 Å². The third-order valence-corrected chi connectivity index (χ3v) is 6.54. The zero-order valence-corrected chi connectivity index (χ0v) is 19.9. The number of ketones is 1. The third-order valence-electron chi connectivity index (χ3n) is 6.54. The normalized spacial score (nSPS) is 16.0. The number of carbonyl (C=O) groups excluding carboxylic acids is 1. The molecule has 1 N–H and O–H groups in total. The molecule has 178 valence electrons. The number of hydrogen-bond acceptors (Lipinski definition) is 3. The first-order chi connectivity index (χ1) is 16.4. The van der Waals surface area contributed by atoms with Gasteiger partial charge in [-0.3, -0.25) is 9.69 Å². The van der Waals surface area contributed by atoms with Crippen LogP contribution in [-0.4, -0.2) is 29.8 Å². The Morgan fingerprint density at radius 2 is 1.74 bits per heavy atom. The molecular weight excluding hydrogens is 430 g/mol. The van der Waals surface area contributed by atoms with Gasteiger partial charge in [0.15, 0.2) is 5.78 Å². The van der Waals surface area contributed by atoms with Crippen LogP contribution in [0, 0.1) is 17.6 Å². The number of nitrogens with zero attached hydrogens (tertiary/aromatic N) is 1. The number of fused-ring (bicyclic) bond motifs is 1. The fraction of sp³-hybridized carbons (Fsp3) is 0.345. The molecule has 1 aliphatic heterocycles. The van der Waals surface area contributed by atoms with E-state index in [0.717, 1.165) is 60.3 Å². The molecule has 3 aromatic rings. The van der Waals surface area contributed by atoms with Gasteiger partial charge in [0.05, 0.1) is 0 Å². The van der Waals surface area contributed by atoms with E-state index in [1.807, 2.05) is 56.3 Å². The summed E-state index contributed by atoms with van der Waals surface area (Å²) in [7, 11) is 0. The molecule has 0 spiro atoms. The van der Waals surface area contributed by atoms with Gasteiger partial charge in [-0.25, -0.2) is 8.78 Å². The summed E-state index contributed by atoms with van der Waals surface area (Å²) in [6, 6.07) is 19.7. The zero-order valence-electron chi connectivity index (χ0n) is 19.9. The Morgan fingerprint density at radius 1 is 0.971 bits per heavy atom. The highest BCUT2D eigenvalue weighted by Crippen LogP contribution is 2.26. The van der Waals surface area contributed by atoms with E-state index in [2.05, 4.69) is 10.2 Å². The minimum Gasteiger partial charge on any atom is -0.311 e. The summed E-state index contributed by atoms with van der Waals surface area (Å²) in [5.41, 5.74) is 5.15. The molecule has 0 aliphatic carbocycles. The Bertz CT molecular complexity index is 1130. The first-order valence-corrected chi connectivity index (χ1v) is 12.0. The summed E-state index contributed by atoms with van der Waals surface area (Å²) < 4.78 is 27.2. The van der Waals surface area contributed by atoms with E-state index in [1.54, 1.807) is 6.07 Å². The number of halogens is 2.